The zero-order chi connectivity index (χ0) is 24.6. The van der Waals surface area contributed by atoms with Crippen molar-refractivity contribution in [1.82, 2.24) is 10.2 Å². The van der Waals surface area contributed by atoms with Gasteiger partial charge in [-0.25, -0.2) is 0 Å². The van der Waals surface area contributed by atoms with Gasteiger partial charge < -0.3 is 20.1 Å². The van der Waals surface area contributed by atoms with Crippen LogP contribution in [0.4, 0.5) is 0 Å². The van der Waals surface area contributed by atoms with Gasteiger partial charge in [-0.2, -0.15) is 0 Å². The highest BCUT2D eigenvalue weighted by molar-refractivity contribution is 5.77. The maximum absolute atomic E-state index is 12.5. The Morgan fingerprint density at radius 1 is 1.03 bits per heavy atom. The highest BCUT2D eigenvalue weighted by Gasteiger charge is 2.36. The molecule has 0 aromatic rings. The zero-order valence-electron chi connectivity index (χ0n) is 20.4. The number of amides is 2. The Kier molecular flexibility index (Phi) is 9.54. The van der Waals surface area contributed by atoms with Gasteiger partial charge in [0.2, 0.25) is 11.8 Å². The van der Waals surface area contributed by atoms with E-state index in [-0.39, 0.29) is 36.7 Å². The van der Waals surface area contributed by atoms with Crippen molar-refractivity contribution in [3.63, 3.8) is 0 Å². The van der Waals surface area contributed by atoms with Crippen LogP contribution >= 0.6 is 0 Å². The molecule has 0 aromatic heterocycles. The van der Waals surface area contributed by atoms with Gasteiger partial charge in [-0.3, -0.25) is 19.2 Å². The zero-order valence-corrected chi connectivity index (χ0v) is 20.4. The first-order valence-electron chi connectivity index (χ1n) is 12.8. The minimum Gasteiger partial charge on any atom is -0.481 e. The molecule has 2 aliphatic carbocycles. The minimum absolute atomic E-state index is 0.112. The van der Waals surface area contributed by atoms with Gasteiger partial charge in [0, 0.05) is 37.9 Å². The second-order valence-electron chi connectivity index (χ2n) is 10.7. The topological polar surface area (TPSA) is 113 Å². The molecule has 1 saturated heterocycles. The van der Waals surface area contributed by atoms with Crippen molar-refractivity contribution in [2.75, 3.05) is 26.2 Å². The van der Waals surface area contributed by atoms with E-state index in [0.717, 1.165) is 38.5 Å². The van der Waals surface area contributed by atoms with E-state index < -0.39 is 11.9 Å². The molecule has 0 radical (unpaired) electrons. The normalized spacial score (nSPS) is 24.7. The first-order chi connectivity index (χ1) is 16.2. The van der Waals surface area contributed by atoms with E-state index in [1.165, 1.54) is 6.42 Å². The third-order valence-corrected chi connectivity index (χ3v) is 7.70. The fraction of sp³-hybridized carbons (Fsp3) is 0.769. The number of carboxylic acid groups (broad SMARTS) is 1. The average molecular weight is 477 g/mol. The summed E-state index contributed by atoms with van der Waals surface area (Å²) in [6, 6.07) is 0. The smallest absolute Gasteiger partial charge is 0.306 e. The van der Waals surface area contributed by atoms with E-state index in [1.807, 2.05) is 11.8 Å². The number of carbonyl (C=O) groups excluding carboxylic acids is 3. The molecule has 2 bridgehead atoms. The van der Waals surface area contributed by atoms with Gasteiger partial charge in [-0.15, -0.1) is 0 Å². The third-order valence-electron chi connectivity index (χ3n) is 7.70. The number of fused-ring (bicyclic) bond motifs is 2. The van der Waals surface area contributed by atoms with Gasteiger partial charge >= 0.3 is 11.9 Å². The number of hydrogen-bond donors (Lipinski definition) is 2. The van der Waals surface area contributed by atoms with E-state index in [9.17, 15) is 19.2 Å². The standard InChI is InChI=1S/C26H40N2O6/c1-26(18-34-25(33)9-8-24(31)32)10-13-28(14-11-26)23(30)5-3-2-4-12-27-22(29)17-21-16-19-6-7-20(21)15-19/h6-7,19-21H,2-5,8-18H2,1H3,(H,27,29)(H,31,32). The molecule has 0 spiro atoms. The monoisotopic (exact) mass is 476 g/mol. The molecule has 3 aliphatic rings. The molecular formula is C26H40N2O6. The second-order valence-corrected chi connectivity index (χ2v) is 10.7. The van der Waals surface area contributed by atoms with Crippen LogP contribution in [-0.2, 0) is 23.9 Å². The van der Waals surface area contributed by atoms with Crippen molar-refractivity contribution in [2.24, 2.45) is 23.2 Å². The Morgan fingerprint density at radius 2 is 1.79 bits per heavy atom. The van der Waals surface area contributed by atoms with Crippen LogP contribution in [0.1, 0.15) is 77.6 Å². The second kappa shape index (κ2) is 12.4. The Bertz CT molecular complexity index is 771. The lowest BCUT2D eigenvalue weighted by Gasteiger charge is -2.39. The number of nitrogens with zero attached hydrogens (tertiary/aromatic N) is 1. The van der Waals surface area contributed by atoms with Gasteiger partial charge in [0.25, 0.3) is 0 Å². The van der Waals surface area contributed by atoms with Crippen molar-refractivity contribution in [3.05, 3.63) is 12.2 Å². The highest BCUT2D eigenvalue weighted by atomic mass is 16.5. The molecule has 34 heavy (non-hydrogen) atoms. The van der Waals surface area contributed by atoms with E-state index in [1.54, 1.807) is 0 Å². The van der Waals surface area contributed by atoms with Gasteiger partial charge in [-0.1, -0.05) is 25.5 Å². The van der Waals surface area contributed by atoms with Crippen molar-refractivity contribution < 1.29 is 29.0 Å². The molecule has 2 fully saturated rings. The number of nitrogens with one attached hydrogen (secondary N) is 1. The Morgan fingerprint density at radius 3 is 2.44 bits per heavy atom. The predicted octanol–water partition coefficient (Wildman–Crippen LogP) is 3.30. The minimum atomic E-state index is -1.01. The van der Waals surface area contributed by atoms with E-state index in [0.29, 0.717) is 50.2 Å². The van der Waals surface area contributed by atoms with Crippen molar-refractivity contribution >= 4 is 23.8 Å². The van der Waals surface area contributed by atoms with Crippen molar-refractivity contribution in [1.29, 1.82) is 0 Å². The Balaban J connectivity index is 1.20. The van der Waals surface area contributed by atoms with Crippen LogP contribution in [0.15, 0.2) is 12.2 Å². The summed E-state index contributed by atoms with van der Waals surface area (Å²) in [5, 5.41) is 11.7. The number of carboxylic acids is 1. The Hall–Kier alpha value is -2.38. The molecule has 3 unspecified atom stereocenters. The fourth-order valence-electron chi connectivity index (χ4n) is 5.38. The molecular weight excluding hydrogens is 436 g/mol. The number of rotatable bonds is 13. The van der Waals surface area contributed by atoms with Crippen molar-refractivity contribution in [3.8, 4) is 0 Å². The molecule has 2 amide bonds. The molecule has 1 heterocycles. The Labute approximate surface area is 202 Å². The SMILES string of the molecule is CC1(COC(=O)CCC(=O)O)CCN(C(=O)CCCCCNC(=O)CC2CC3C=CC2C3)CC1. The number of unbranched alkanes of at least 4 members (excludes halogenated alkanes) is 2. The highest BCUT2D eigenvalue weighted by Crippen LogP contribution is 2.44. The lowest BCUT2D eigenvalue weighted by molar-refractivity contribution is -0.151. The van der Waals surface area contributed by atoms with Crippen molar-refractivity contribution in [2.45, 2.75) is 77.6 Å². The maximum Gasteiger partial charge on any atom is 0.306 e. The lowest BCUT2D eigenvalue weighted by Crippen LogP contribution is -2.44. The van der Waals surface area contributed by atoms with Crippen LogP contribution in [-0.4, -0.2) is 60.0 Å². The molecule has 2 N–H and O–H groups in total. The number of esters is 1. The lowest BCUT2D eigenvalue weighted by atomic mass is 9.81. The van der Waals surface area contributed by atoms with Gasteiger partial charge in [0.05, 0.1) is 19.4 Å². The van der Waals surface area contributed by atoms with Crippen LogP contribution in [0.2, 0.25) is 0 Å². The largest absolute Gasteiger partial charge is 0.481 e. The molecule has 190 valence electrons. The fourth-order valence-corrected chi connectivity index (χ4v) is 5.38. The predicted molar refractivity (Wildman–Crippen MR) is 127 cm³/mol. The molecule has 3 atom stereocenters. The first-order valence-corrected chi connectivity index (χ1v) is 12.8. The summed E-state index contributed by atoms with van der Waals surface area (Å²) in [7, 11) is 0. The maximum atomic E-state index is 12.5. The summed E-state index contributed by atoms with van der Waals surface area (Å²) in [6.45, 7) is 4.28. The number of piperidine rings is 1. The van der Waals surface area contributed by atoms with Crippen LogP contribution in [0.5, 0.6) is 0 Å². The molecule has 0 aromatic carbocycles. The van der Waals surface area contributed by atoms with E-state index >= 15 is 0 Å². The third kappa shape index (κ3) is 8.13. The van der Waals surface area contributed by atoms with Crippen LogP contribution in [0.25, 0.3) is 0 Å². The molecule has 8 heteroatoms. The molecule has 1 saturated carbocycles. The number of hydrogen-bond acceptors (Lipinski definition) is 5. The summed E-state index contributed by atoms with van der Waals surface area (Å²) in [5.74, 6) is 0.641. The van der Waals surface area contributed by atoms with E-state index in [2.05, 4.69) is 17.5 Å². The van der Waals surface area contributed by atoms with Gasteiger partial charge in [0.1, 0.15) is 0 Å². The molecule has 1 aliphatic heterocycles. The average Bonchev–Trinajstić information content (AvgIpc) is 3.42. The van der Waals surface area contributed by atoms with Crippen LogP contribution < -0.4 is 5.32 Å². The van der Waals surface area contributed by atoms with Gasteiger partial charge in [0.15, 0.2) is 0 Å². The number of allylic oxidation sites excluding steroid dienone is 2. The summed E-state index contributed by atoms with van der Waals surface area (Å²) >= 11 is 0. The summed E-state index contributed by atoms with van der Waals surface area (Å²) in [5.41, 5.74) is -0.178. The quantitative estimate of drug-likeness (QED) is 0.240. The summed E-state index contributed by atoms with van der Waals surface area (Å²) in [4.78, 5) is 48.8. The number of ether oxygens (including phenoxy) is 1. The molecule has 8 nitrogen and oxygen atoms in total. The summed E-state index contributed by atoms with van der Waals surface area (Å²) < 4.78 is 5.26. The molecule has 3 rings (SSSR count). The first kappa shape index (κ1) is 26.2. The van der Waals surface area contributed by atoms with Crippen LogP contribution in [0, 0.1) is 23.2 Å². The van der Waals surface area contributed by atoms with Gasteiger partial charge in [-0.05, 0) is 56.3 Å². The number of aliphatic carboxylic acids is 1. The van der Waals surface area contributed by atoms with Crippen LogP contribution in [0.3, 0.4) is 0 Å². The van der Waals surface area contributed by atoms with E-state index in [4.69, 9.17) is 9.84 Å². The number of likely N-dealkylation sites (tertiary alicyclic amines) is 1. The number of carbonyl (C=O) groups is 4. The summed E-state index contributed by atoms with van der Waals surface area (Å²) in [6.07, 6.45) is 11.9.